The van der Waals surface area contributed by atoms with Gasteiger partial charge in [-0.3, -0.25) is 4.79 Å². The molecule has 4 N–H and O–H groups in total. The summed E-state index contributed by atoms with van der Waals surface area (Å²) >= 11 is 5.76. The second-order valence-corrected chi connectivity index (χ2v) is 7.73. The molecule has 1 rings (SSSR count). The summed E-state index contributed by atoms with van der Waals surface area (Å²) in [5.74, 6) is -0.705. The Morgan fingerprint density at radius 3 is 2.37 bits per heavy atom. The average molecular weight is 321 g/mol. The summed E-state index contributed by atoms with van der Waals surface area (Å²) in [6.45, 7) is 2.98. The minimum atomic E-state index is -3.77. The average Bonchev–Trinajstić information content (AvgIpc) is 2.74. The molecule has 0 radical (unpaired) electrons. The molecule has 1 amide bonds. The van der Waals surface area contributed by atoms with Crippen molar-refractivity contribution < 1.29 is 13.2 Å². The summed E-state index contributed by atoms with van der Waals surface area (Å²) < 4.78 is 25.9. The van der Waals surface area contributed by atoms with Gasteiger partial charge in [0.25, 0.3) is 10.0 Å². The van der Waals surface area contributed by atoms with Crippen molar-refractivity contribution in [3.63, 3.8) is 0 Å². The minimum absolute atomic E-state index is 0.0882. The second kappa shape index (κ2) is 5.95. The molecule has 1 heterocycles. The molecule has 0 saturated heterocycles. The maximum Gasteiger partial charge on any atom is 0.253 e. The van der Waals surface area contributed by atoms with Crippen molar-refractivity contribution in [1.29, 1.82) is 0 Å². The van der Waals surface area contributed by atoms with Crippen LogP contribution in [-0.4, -0.2) is 36.2 Å². The molecule has 106 valence electrons. The third-order valence-corrected chi connectivity index (χ3v) is 6.23. The maximum atomic E-state index is 12.4. The number of carbonyl (C=O) groups excluding carboxylic acids is 1. The molecule has 1 aromatic heterocycles. The van der Waals surface area contributed by atoms with E-state index in [1.165, 1.54) is 6.07 Å². The number of rotatable bonds is 6. The Morgan fingerprint density at radius 2 is 2.00 bits per heavy atom. The number of thiophene rings is 1. The third-order valence-electron chi connectivity index (χ3n) is 2.27. The van der Waals surface area contributed by atoms with E-state index in [-0.39, 0.29) is 21.8 Å². The Labute approximate surface area is 121 Å². The predicted molar refractivity (Wildman–Crippen MR) is 78.4 cm³/mol. The zero-order valence-electron chi connectivity index (χ0n) is 10.5. The lowest BCUT2D eigenvalue weighted by molar-refractivity contribution is -0.118. The zero-order chi connectivity index (χ0) is 14.8. The van der Waals surface area contributed by atoms with Gasteiger partial charge in [0.15, 0.2) is 0 Å². The van der Waals surface area contributed by atoms with Crippen LogP contribution in [-0.2, 0) is 14.8 Å². The predicted octanol–water partition coefficient (Wildman–Crippen LogP) is 0.267. The first kappa shape index (κ1) is 16.0. The fourth-order valence-corrected chi connectivity index (χ4v) is 4.49. The highest BCUT2D eigenvalue weighted by Crippen LogP contribution is 2.26. The number of hydrogen-bond acceptors (Lipinski definition) is 5. The molecule has 0 aliphatic heterocycles. The van der Waals surface area contributed by atoms with Crippen LogP contribution < -0.4 is 11.5 Å². The summed E-state index contributed by atoms with van der Waals surface area (Å²) in [5, 5.41) is 0. The molecule has 0 fully saturated rings. The molecule has 0 bridgehead atoms. The van der Waals surface area contributed by atoms with Crippen LogP contribution in [0.5, 0.6) is 0 Å². The van der Waals surface area contributed by atoms with Crippen molar-refractivity contribution in [2.24, 2.45) is 11.5 Å². The first-order chi connectivity index (χ1) is 8.66. The van der Waals surface area contributed by atoms with Gasteiger partial charge in [-0.25, -0.2) is 8.42 Å². The fraction of sp³-hybridized carbons (Fsp3) is 0.400. The Hall–Kier alpha value is -1.03. The van der Waals surface area contributed by atoms with E-state index < -0.39 is 15.9 Å². The van der Waals surface area contributed by atoms with E-state index in [1.54, 1.807) is 19.9 Å². The van der Waals surface area contributed by atoms with E-state index in [2.05, 4.69) is 0 Å². The lowest BCUT2D eigenvalue weighted by Crippen LogP contribution is -2.42. The number of nitrogens with zero attached hydrogens (tertiary/aromatic N) is 1. The quantitative estimate of drug-likeness (QED) is 0.731. The van der Waals surface area contributed by atoms with Gasteiger partial charge in [-0.1, -0.05) is 12.2 Å². The van der Waals surface area contributed by atoms with Crippen molar-refractivity contribution in [2.75, 3.05) is 6.54 Å². The van der Waals surface area contributed by atoms with E-state index in [4.69, 9.17) is 23.7 Å². The molecule has 6 nitrogen and oxygen atoms in total. The van der Waals surface area contributed by atoms with Gasteiger partial charge in [0, 0.05) is 6.04 Å². The number of amides is 1. The van der Waals surface area contributed by atoms with Crippen molar-refractivity contribution >= 4 is 44.5 Å². The Morgan fingerprint density at radius 1 is 1.42 bits per heavy atom. The van der Waals surface area contributed by atoms with Gasteiger partial charge < -0.3 is 11.5 Å². The van der Waals surface area contributed by atoms with Crippen molar-refractivity contribution in [3.8, 4) is 0 Å². The Bertz CT molecular complexity index is 592. The second-order valence-electron chi connectivity index (χ2n) is 4.09. The van der Waals surface area contributed by atoms with Gasteiger partial charge in [-0.2, -0.15) is 4.31 Å². The summed E-state index contributed by atoms with van der Waals surface area (Å²) in [6, 6.07) is 2.58. The standard InChI is InChI=1S/C10H15N3O3S3/c1-6(2)13(5-8(11)14)19(15,16)9-4-3-7(18-9)10(12)17/h3-4,6H,5H2,1-2H3,(H2,11,14)(H2,12,17). The van der Waals surface area contributed by atoms with E-state index in [1.807, 2.05) is 0 Å². The van der Waals surface area contributed by atoms with Crippen molar-refractivity contribution in [2.45, 2.75) is 24.1 Å². The number of thiocarbonyl (C=S) groups is 1. The van der Waals surface area contributed by atoms with Crippen LogP contribution >= 0.6 is 23.6 Å². The van der Waals surface area contributed by atoms with E-state index in [0.29, 0.717) is 4.88 Å². The van der Waals surface area contributed by atoms with Crippen LogP contribution in [0.3, 0.4) is 0 Å². The first-order valence-electron chi connectivity index (χ1n) is 5.36. The lowest BCUT2D eigenvalue weighted by atomic mass is 10.4. The summed E-state index contributed by atoms with van der Waals surface area (Å²) in [5.41, 5.74) is 10.5. The molecule has 0 aliphatic carbocycles. The molecular weight excluding hydrogens is 306 g/mol. The molecule has 1 aromatic rings. The minimum Gasteiger partial charge on any atom is -0.389 e. The van der Waals surface area contributed by atoms with Gasteiger partial charge in [-0.15, -0.1) is 11.3 Å². The van der Waals surface area contributed by atoms with E-state index in [0.717, 1.165) is 15.6 Å². The smallest absolute Gasteiger partial charge is 0.253 e. The number of nitrogens with two attached hydrogens (primary N) is 2. The largest absolute Gasteiger partial charge is 0.389 e. The molecule has 0 aromatic carbocycles. The highest BCUT2D eigenvalue weighted by Gasteiger charge is 2.29. The van der Waals surface area contributed by atoms with Gasteiger partial charge >= 0.3 is 0 Å². The molecule has 0 spiro atoms. The topological polar surface area (TPSA) is 106 Å². The molecule has 0 unspecified atom stereocenters. The Kier molecular flexibility index (Phi) is 5.02. The van der Waals surface area contributed by atoms with Gasteiger partial charge in [0.05, 0.1) is 11.4 Å². The molecule has 0 atom stereocenters. The molecule has 9 heteroatoms. The summed E-state index contributed by atoms with van der Waals surface area (Å²) in [6.07, 6.45) is 0. The normalized spacial score (nSPS) is 12.0. The van der Waals surface area contributed by atoms with Crippen LogP contribution in [0.25, 0.3) is 0 Å². The monoisotopic (exact) mass is 321 g/mol. The van der Waals surface area contributed by atoms with Crippen LogP contribution in [0.2, 0.25) is 0 Å². The SMILES string of the molecule is CC(C)N(CC(N)=O)S(=O)(=O)c1ccc(C(N)=S)s1. The van der Waals surface area contributed by atoms with Gasteiger partial charge in [-0.05, 0) is 26.0 Å². The number of primary amides is 1. The molecular formula is C10H15N3O3S3. The van der Waals surface area contributed by atoms with E-state index in [9.17, 15) is 13.2 Å². The van der Waals surface area contributed by atoms with Crippen LogP contribution in [0, 0.1) is 0 Å². The van der Waals surface area contributed by atoms with Crippen LogP contribution in [0.15, 0.2) is 16.3 Å². The zero-order valence-corrected chi connectivity index (χ0v) is 12.9. The van der Waals surface area contributed by atoms with Gasteiger partial charge in [0.2, 0.25) is 5.91 Å². The van der Waals surface area contributed by atoms with Crippen LogP contribution in [0.4, 0.5) is 0 Å². The molecule has 0 saturated carbocycles. The maximum absolute atomic E-state index is 12.4. The number of hydrogen-bond donors (Lipinski definition) is 2. The highest BCUT2D eigenvalue weighted by atomic mass is 32.2. The lowest BCUT2D eigenvalue weighted by Gasteiger charge is -2.23. The number of sulfonamides is 1. The third kappa shape index (κ3) is 3.72. The highest BCUT2D eigenvalue weighted by molar-refractivity contribution is 7.91. The van der Waals surface area contributed by atoms with Crippen molar-refractivity contribution in [1.82, 2.24) is 4.31 Å². The summed E-state index contributed by atoms with van der Waals surface area (Å²) in [7, 11) is -3.77. The first-order valence-corrected chi connectivity index (χ1v) is 8.02. The molecule has 19 heavy (non-hydrogen) atoms. The number of carbonyl (C=O) groups is 1. The Balaban J connectivity index is 3.18. The van der Waals surface area contributed by atoms with Crippen molar-refractivity contribution in [3.05, 3.63) is 17.0 Å². The van der Waals surface area contributed by atoms with Crippen LogP contribution in [0.1, 0.15) is 18.7 Å². The fourth-order valence-electron chi connectivity index (χ4n) is 1.41. The van der Waals surface area contributed by atoms with Gasteiger partial charge in [0.1, 0.15) is 9.20 Å². The molecule has 0 aliphatic rings. The summed E-state index contributed by atoms with van der Waals surface area (Å²) in [4.78, 5) is 11.6. The van der Waals surface area contributed by atoms with E-state index >= 15 is 0 Å².